The standard InChI is InChI=1S/C23H19FN2O/c1-17-4-2-5-18(12-17)8-9-20-14-22-23(27)26(11-10-25(22)15-20)16-19-6-3-7-21(24)13-19/h2-7,12-15H,10-11,16H2,1H3. The van der Waals surface area contributed by atoms with Gasteiger partial charge in [0.1, 0.15) is 11.5 Å². The van der Waals surface area contributed by atoms with Crippen LogP contribution in [0.25, 0.3) is 0 Å². The highest BCUT2D eigenvalue weighted by Crippen LogP contribution is 2.19. The Morgan fingerprint density at radius 1 is 1.00 bits per heavy atom. The van der Waals surface area contributed by atoms with Gasteiger partial charge in [-0.1, -0.05) is 36.1 Å². The van der Waals surface area contributed by atoms with Crippen LogP contribution in [0.3, 0.4) is 0 Å². The molecule has 134 valence electrons. The van der Waals surface area contributed by atoms with Crippen LogP contribution in [-0.2, 0) is 13.1 Å². The lowest BCUT2D eigenvalue weighted by atomic mass is 10.1. The minimum atomic E-state index is -0.283. The van der Waals surface area contributed by atoms with Crippen LogP contribution >= 0.6 is 0 Å². The topological polar surface area (TPSA) is 25.2 Å². The van der Waals surface area contributed by atoms with Gasteiger partial charge in [0.05, 0.1) is 0 Å². The van der Waals surface area contributed by atoms with Gasteiger partial charge in [-0.15, -0.1) is 0 Å². The third kappa shape index (κ3) is 3.78. The van der Waals surface area contributed by atoms with Crippen molar-refractivity contribution >= 4 is 5.91 Å². The molecule has 0 saturated carbocycles. The van der Waals surface area contributed by atoms with Crippen LogP contribution < -0.4 is 0 Å². The molecule has 2 heterocycles. The summed E-state index contributed by atoms with van der Waals surface area (Å²) >= 11 is 0. The van der Waals surface area contributed by atoms with Gasteiger partial charge in [0.25, 0.3) is 5.91 Å². The molecule has 3 aromatic rings. The Balaban J connectivity index is 1.54. The summed E-state index contributed by atoms with van der Waals surface area (Å²) in [5.41, 5.74) is 4.38. The average molecular weight is 358 g/mol. The van der Waals surface area contributed by atoms with E-state index in [0.29, 0.717) is 25.3 Å². The van der Waals surface area contributed by atoms with Gasteiger partial charge in [0.15, 0.2) is 0 Å². The predicted molar refractivity (Wildman–Crippen MR) is 103 cm³/mol. The summed E-state index contributed by atoms with van der Waals surface area (Å²) in [4.78, 5) is 14.6. The van der Waals surface area contributed by atoms with Crippen LogP contribution in [-0.4, -0.2) is 21.9 Å². The Morgan fingerprint density at radius 3 is 2.63 bits per heavy atom. The van der Waals surface area contributed by atoms with Crippen molar-refractivity contribution in [2.75, 3.05) is 6.54 Å². The Hall–Kier alpha value is -3.32. The van der Waals surface area contributed by atoms with Gasteiger partial charge < -0.3 is 9.47 Å². The van der Waals surface area contributed by atoms with Crippen LogP contribution in [0.2, 0.25) is 0 Å². The van der Waals surface area contributed by atoms with Crippen LogP contribution in [0, 0.1) is 24.6 Å². The van der Waals surface area contributed by atoms with E-state index in [-0.39, 0.29) is 11.7 Å². The quantitative estimate of drug-likeness (QED) is 0.636. The lowest BCUT2D eigenvalue weighted by Crippen LogP contribution is -2.39. The van der Waals surface area contributed by atoms with Crippen molar-refractivity contribution in [2.45, 2.75) is 20.0 Å². The highest BCUT2D eigenvalue weighted by atomic mass is 19.1. The minimum Gasteiger partial charge on any atom is -0.340 e. The number of rotatable bonds is 2. The van der Waals surface area contributed by atoms with Gasteiger partial charge >= 0.3 is 0 Å². The van der Waals surface area contributed by atoms with Gasteiger partial charge in [-0.25, -0.2) is 4.39 Å². The number of carbonyl (C=O) groups is 1. The molecule has 0 spiro atoms. The molecule has 0 bridgehead atoms. The monoisotopic (exact) mass is 358 g/mol. The second-order valence-corrected chi connectivity index (χ2v) is 6.78. The van der Waals surface area contributed by atoms with Crippen LogP contribution in [0.5, 0.6) is 0 Å². The van der Waals surface area contributed by atoms with E-state index in [9.17, 15) is 9.18 Å². The van der Waals surface area contributed by atoms with E-state index in [4.69, 9.17) is 0 Å². The third-order valence-corrected chi connectivity index (χ3v) is 4.65. The summed E-state index contributed by atoms with van der Waals surface area (Å²) < 4.78 is 15.3. The molecule has 4 heteroatoms. The number of hydrogen-bond acceptors (Lipinski definition) is 1. The second-order valence-electron chi connectivity index (χ2n) is 6.78. The van der Waals surface area contributed by atoms with E-state index in [2.05, 4.69) is 11.8 Å². The van der Waals surface area contributed by atoms with Gasteiger partial charge in [0.2, 0.25) is 0 Å². The average Bonchev–Trinajstić information content (AvgIpc) is 3.07. The molecule has 0 saturated heterocycles. The first-order valence-electron chi connectivity index (χ1n) is 8.91. The van der Waals surface area contributed by atoms with Crippen molar-refractivity contribution in [1.29, 1.82) is 0 Å². The highest BCUT2D eigenvalue weighted by molar-refractivity contribution is 5.94. The molecule has 2 aromatic carbocycles. The number of aryl methyl sites for hydroxylation is 1. The summed E-state index contributed by atoms with van der Waals surface area (Å²) in [6, 6.07) is 16.3. The van der Waals surface area contributed by atoms with Crippen molar-refractivity contribution in [1.82, 2.24) is 9.47 Å². The first-order chi connectivity index (χ1) is 13.1. The number of nitrogens with zero attached hydrogens (tertiary/aromatic N) is 2. The smallest absolute Gasteiger partial charge is 0.270 e. The fourth-order valence-corrected chi connectivity index (χ4v) is 3.31. The number of halogens is 1. The van der Waals surface area contributed by atoms with Crippen molar-refractivity contribution in [3.63, 3.8) is 0 Å². The Bertz CT molecular complexity index is 1070. The van der Waals surface area contributed by atoms with E-state index in [0.717, 1.165) is 16.7 Å². The van der Waals surface area contributed by atoms with Crippen molar-refractivity contribution in [3.8, 4) is 11.8 Å². The Kier molecular flexibility index (Phi) is 4.52. The summed E-state index contributed by atoms with van der Waals surface area (Å²) in [7, 11) is 0. The summed E-state index contributed by atoms with van der Waals surface area (Å²) in [6.07, 6.45) is 1.93. The number of hydrogen-bond donors (Lipinski definition) is 0. The zero-order chi connectivity index (χ0) is 18.8. The van der Waals surface area contributed by atoms with Gasteiger partial charge in [0, 0.05) is 37.0 Å². The van der Waals surface area contributed by atoms with Crippen molar-refractivity contribution < 1.29 is 9.18 Å². The Morgan fingerprint density at radius 2 is 1.81 bits per heavy atom. The van der Waals surface area contributed by atoms with Crippen LogP contribution in [0.15, 0.2) is 60.8 Å². The molecule has 0 atom stereocenters. The fourth-order valence-electron chi connectivity index (χ4n) is 3.31. The largest absolute Gasteiger partial charge is 0.340 e. The number of benzene rings is 2. The zero-order valence-corrected chi connectivity index (χ0v) is 15.1. The molecule has 0 aliphatic carbocycles. The van der Waals surface area contributed by atoms with Gasteiger partial charge in [-0.05, 0) is 48.4 Å². The minimum absolute atomic E-state index is 0.0471. The molecule has 0 N–H and O–H groups in total. The normalized spacial score (nSPS) is 13.1. The maximum atomic E-state index is 13.4. The van der Waals surface area contributed by atoms with E-state index in [1.54, 1.807) is 11.0 Å². The molecular weight excluding hydrogens is 339 g/mol. The van der Waals surface area contributed by atoms with E-state index < -0.39 is 0 Å². The number of carbonyl (C=O) groups excluding carboxylic acids is 1. The van der Waals surface area contributed by atoms with Crippen molar-refractivity contribution in [2.24, 2.45) is 0 Å². The van der Waals surface area contributed by atoms with Crippen LogP contribution in [0.1, 0.15) is 32.7 Å². The first kappa shape index (κ1) is 17.1. The molecule has 0 radical (unpaired) electrons. The van der Waals surface area contributed by atoms with Crippen LogP contribution in [0.4, 0.5) is 4.39 Å². The summed E-state index contributed by atoms with van der Waals surface area (Å²) in [5.74, 6) is 5.97. The molecule has 1 aliphatic rings. The maximum absolute atomic E-state index is 13.4. The molecule has 1 aliphatic heterocycles. The lowest BCUT2D eigenvalue weighted by Gasteiger charge is -2.28. The molecule has 1 aromatic heterocycles. The molecule has 27 heavy (non-hydrogen) atoms. The summed E-state index contributed by atoms with van der Waals surface area (Å²) in [6.45, 7) is 3.75. The zero-order valence-electron chi connectivity index (χ0n) is 15.1. The van der Waals surface area contributed by atoms with Gasteiger partial charge in [-0.3, -0.25) is 4.79 Å². The highest BCUT2D eigenvalue weighted by Gasteiger charge is 2.25. The SMILES string of the molecule is Cc1cccc(C#Cc2cc3n(c2)CCN(Cc2cccc(F)c2)C3=O)c1. The molecule has 4 rings (SSSR count). The number of fused-ring (bicyclic) bond motifs is 1. The lowest BCUT2D eigenvalue weighted by molar-refractivity contribution is 0.0691. The molecule has 0 unspecified atom stereocenters. The maximum Gasteiger partial charge on any atom is 0.270 e. The summed E-state index contributed by atoms with van der Waals surface area (Å²) in [5, 5.41) is 0. The Labute approximate surface area is 158 Å². The second kappa shape index (κ2) is 7.13. The molecule has 0 fully saturated rings. The number of amides is 1. The van der Waals surface area contributed by atoms with E-state index in [1.807, 2.05) is 54.1 Å². The van der Waals surface area contributed by atoms with Gasteiger partial charge in [-0.2, -0.15) is 0 Å². The number of aromatic nitrogens is 1. The van der Waals surface area contributed by atoms with E-state index in [1.165, 1.54) is 17.7 Å². The molecule has 1 amide bonds. The third-order valence-electron chi connectivity index (χ3n) is 4.65. The molecule has 3 nitrogen and oxygen atoms in total. The predicted octanol–water partition coefficient (Wildman–Crippen LogP) is 3.99. The molecular formula is C23H19FN2O. The fraction of sp³-hybridized carbons (Fsp3) is 0.174. The van der Waals surface area contributed by atoms with E-state index >= 15 is 0 Å². The first-order valence-corrected chi connectivity index (χ1v) is 8.91. The van der Waals surface area contributed by atoms with Crippen molar-refractivity contribution in [3.05, 3.63) is 94.6 Å².